The van der Waals surface area contributed by atoms with Crippen molar-refractivity contribution in [2.75, 3.05) is 0 Å². The average molecular weight is 213 g/mol. The maximum atomic E-state index is 10.3. The molecule has 1 aromatic carbocycles. The second-order valence-electron chi connectivity index (χ2n) is 2.29. The minimum Gasteiger partial charge on any atom is -0.507 e. The van der Waals surface area contributed by atoms with Crippen LogP contribution in [0.5, 0.6) is 5.75 Å². The van der Waals surface area contributed by atoms with Crippen LogP contribution in [-0.4, -0.2) is 19.2 Å². The lowest BCUT2D eigenvalue weighted by Crippen LogP contribution is -2.04. The molecule has 0 heterocycles. The molecule has 0 aliphatic heterocycles. The number of hydrogen-bond donors (Lipinski definition) is 1. The summed E-state index contributed by atoms with van der Waals surface area (Å²) >= 11 is 3.13. The molecule has 0 fully saturated rings. The molecule has 0 aromatic heterocycles. The van der Waals surface area contributed by atoms with Gasteiger partial charge in [0, 0.05) is 5.56 Å². The van der Waals surface area contributed by atoms with Crippen LogP contribution in [0, 0.1) is 0 Å². The average Bonchev–Trinajstić information content (AvgIpc) is 1.99. The molecule has 2 nitrogen and oxygen atoms in total. The Bertz CT molecular complexity index is 275. The number of halogens is 1. The standard InChI is InChI=1S/C7H6BBrO2/c8-5-1-4(3-10)2-6(9)7(5)11/h1-3,11H,8H2. The molecule has 0 spiro atoms. The van der Waals surface area contributed by atoms with Crippen molar-refractivity contribution in [2.45, 2.75) is 0 Å². The minimum atomic E-state index is 0.190. The summed E-state index contributed by atoms with van der Waals surface area (Å²) in [7, 11) is 1.74. The predicted molar refractivity (Wildman–Crippen MR) is 49.4 cm³/mol. The molecule has 4 heteroatoms. The van der Waals surface area contributed by atoms with Gasteiger partial charge < -0.3 is 5.11 Å². The number of hydrogen-bond acceptors (Lipinski definition) is 2. The molecule has 56 valence electrons. The summed E-state index contributed by atoms with van der Waals surface area (Å²) in [5.74, 6) is 0.190. The Morgan fingerprint density at radius 1 is 1.55 bits per heavy atom. The highest BCUT2D eigenvalue weighted by Gasteiger charge is 2.02. The van der Waals surface area contributed by atoms with Gasteiger partial charge >= 0.3 is 0 Å². The van der Waals surface area contributed by atoms with Crippen molar-refractivity contribution >= 4 is 35.5 Å². The second-order valence-corrected chi connectivity index (χ2v) is 3.14. The van der Waals surface area contributed by atoms with E-state index in [-0.39, 0.29) is 5.75 Å². The van der Waals surface area contributed by atoms with Crippen LogP contribution < -0.4 is 5.46 Å². The van der Waals surface area contributed by atoms with E-state index < -0.39 is 0 Å². The van der Waals surface area contributed by atoms with Crippen molar-refractivity contribution < 1.29 is 9.90 Å². The van der Waals surface area contributed by atoms with Crippen molar-refractivity contribution in [3.8, 4) is 5.75 Å². The number of rotatable bonds is 1. The molecule has 11 heavy (non-hydrogen) atoms. The third-order valence-electron chi connectivity index (χ3n) is 1.41. The van der Waals surface area contributed by atoms with Gasteiger partial charge in [-0.15, -0.1) is 0 Å². The number of aldehydes is 1. The Kier molecular flexibility index (Phi) is 2.34. The Labute approximate surface area is 73.8 Å². The van der Waals surface area contributed by atoms with Crippen LogP contribution in [0.25, 0.3) is 0 Å². The van der Waals surface area contributed by atoms with E-state index in [1.807, 2.05) is 0 Å². The van der Waals surface area contributed by atoms with Gasteiger partial charge in [0.1, 0.15) is 19.9 Å². The molecule has 0 radical (unpaired) electrons. The van der Waals surface area contributed by atoms with E-state index in [0.29, 0.717) is 15.5 Å². The molecule has 0 bridgehead atoms. The zero-order valence-corrected chi connectivity index (χ0v) is 7.55. The first-order valence-corrected chi connectivity index (χ1v) is 3.88. The predicted octanol–water partition coefficient (Wildman–Crippen LogP) is 0.226. The fraction of sp³-hybridized carbons (Fsp3) is 0. The van der Waals surface area contributed by atoms with Gasteiger partial charge in [0.15, 0.2) is 0 Å². The lowest BCUT2D eigenvalue weighted by Gasteiger charge is -2.01. The largest absolute Gasteiger partial charge is 0.507 e. The first-order chi connectivity index (χ1) is 5.15. The van der Waals surface area contributed by atoms with Gasteiger partial charge in [0.2, 0.25) is 0 Å². The first kappa shape index (κ1) is 8.33. The summed E-state index contributed by atoms with van der Waals surface area (Å²) in [6, 6.07) is 3.21. The highest BCUT2D eigenvalue weighted by atomic mass is 79.9. The third kappa shape index (κ3) is 1.63. The van der Waals surface area contributed by atoms with Crippen LogP contribution in [-0.2, 0) is 0 Å². The molecule has 1 rings (SSSR count). The van der Waals surface area contributed by atoms with Crippen LogP contribution in [0.3, 0.4) is 0 Å². The van der Waals surface area contributed by atoms with Crippen molar-refractivity contribution in [3.63, 3.8) is 0 Å². The van der Waals surface area contributed by atoms with E-state index in [1.54, 1.807) is 20.0 Å². The van der Waals surface area contributed by atoms with Crippen LogP contribution in [0.15, 0.2) is 16.6 Å². The van der Waals surface area contributed by atoms with Gasteiger partial charge in [-0.1, -0.05) is 6.07 Å². The van der Waals surface area contributed by atoms with E-state index in [0.717, 1.165) is 6.29 Å². The topological polar surface area (TPSA) is 37.3 Å². The zero-order valence-electron chi connectivity index (χ0n) is 5.97. The van der Waals surface area contributed by atoms with Gasteiger partial charge in [-0.2, -0.15) is 0 Å². The third-order valence-corrected chi connectivity index (χ3v) is 2.02. The Hall–Kier alpha value is -0.765. The summed E-state index contributed by atoms with van der Waals surface area (Å²) in [6.07, 6.45) is 0.747. The van der Waals surface area contributed by atoms with Crippen LogP contribution in [0.2, 0.25) is 0 Å². The van der Waals surface area contributed by atoms with E-state index >= 15 is 0 Å². The van der Waals surface area contributed by atoms with Gasteiger partial charge in [-0.25, -0.2) is 0 Å². The second kappa shape index (κ2) is 3.09. The minimum absolute atomic E-state index is 0.190. The summed E-state index contributed by atoms with van der Waals surface area (Å²) in [6.45, 7) is 0. The fourth-order valence-electron chi connectivity index (χ4n) is 0.831. The Morgan fingerprint density at radius 2 is 2.18 bits per heavy atom. The lowest BCUT2D eigenvalue weighted by molar-refractivity contribution is 0.112. The zero-order chi connectivity index (χ0) is 8.43. The maximum Gasteiger partial charge on any atom is 0.150 e. The molecule has 0 atom stereocenters. The monoisotopic (exact) mass is 212 g/mol. The highest BCUT2D eigenvalue weighted by Crippen LogP contribution is 2.21. The number of carbonyl (C=O) groups excluding carboxylic acids is 1. The lowest BCUT2D eigenvalue weighted by atomic mass is 9.93. The molecule has 0 saturated carbocycles. The first-order valence-electron chi connectivity index (χ1n) is 3.09. The van der Waals surface area contributed by atoms with Crippen LogP contribution in [0.1, 0.15) is 10.4 Å². The highest BCUT2D eigenvalue weighted by molar-refractivity contribution is 9.10. The van der Waals surface area contributed by atoms with Crippen molar-refractivity contribution in [1.29, 1.82) is 0 Å². The van der Waals surface area contributed by atoms with E-state index in [4.69, 9.17) is 0 Å². The summed E-state index contributed by atoms with van der Waals surface area (Å²) in [5.41, 5.74) is 1.26. The molecule has 0 amide bonds. The van der Waals surface area contributed by atoms with E-state index in [2.05, 4.69) is 15.9 Å². The molecule has 1 N–H and O–H groups in total. The smallest absolute Gasteiger partial charge is 0.150 e. The molecular formula is C7H6BBrO2. The molecule has 0 unspecified atom stereocenters. The van der Waals surface area contributed by atoms with Gasteiger partial charge in [-0.05, 0) is 27.5 Å². The number of phenolic OH excluding ortho intramolecular Hbond substituents is 1. The maximum absolute atomic E-state index is 10.3. The quantitative estimate of drug-likeness (QED) is 0.535. The summed E-state index contributed by atoms with van der Waals surface area (Å²) in [4.78, 5) is 10.3. The Balaban J connectivity index is 3.31. The van der Waals surface area contributed by atoms with Crippen molar-refractivity contribution in [1.82, 2.24) is 0 Å². The molecule has 0 saturated heterocycles. The van der Waals surface area contributed by atoms with Crippen LogP contribution >= 0.6 is 15.9 Å². The van der Waals surface area contributed by atoms with Crippen LogP contribution in [0.4, 0.5) is 0 Å². The van der Waals surface area contributed by atoms with Gasteiger partial charge in [0.05, 0.1) is 4.47 Å². The van der Waals surface area contributed by atoms with E-state index in [1.165, 1.54) is 0 Å². The van der Waals surface area contributed by atoms with Gasteiger partial charge in [0.25, 0.3) is 0 Å². The summed E-state index contributed by atoms with van der Waals surface area (Å²) in [5, 5.41) is 9.26. The molecule has 0 aliphatic carbocycles. The summed E-state index contributed by atoms with van der Waals surface area (Å²) < 4.78 is 0.555. The molecule has 1 aromatic rings. The van der Waals surface area contributed by atoms with Crippen molar-refractivity contribution in [2.24, 2.45) is 0 Å². The molecular weight excluding hydrogens is 207 g/mol. The van der Waals surface area contributed by atoms with E-state index in [9.17, 15) is 9.90 Å². The Morgan fingerprint density at radius 3 is 2.64 bits per heavy atom. The number of benzene rings is 1. The number of carbonyl (C=O) groups is 1. The SMILES string of the molecule is Bc1cc(C=O)cc(Br)c1O. The number of aromatic hydroxyl groups is 1. The fourth-order valence-corrected chi connectivity index (χ4v) is 1.41. The molecule has 0 aliphatic rings. The normalized spacial score (nSPS) is 9.55. The van der Waals surface area contributed by atoms with Gasteiger partial charge in [-0.3, -0.25) is 4.79 Å². The number of phenols is 1. The van der Waals surface area contributed by atoms with Crippen molar-refractivity contribution in [3.05, 3.63) is 22.2 Å².